The number of hydrogen-bond acceptors (Lipinski definition) is 4. The van der Waals surface area contributed by atoms with Crippen molar-refractivity contribution in [3.05, 3.63) is 70.8 Å². The van der Waals surface area contributed by atoms with Crippen molar-refractivity contribution in [2.45, 2.75) is 47.0 Å². The second kappa shape index (κ2) is 13.0. The van der Waals surface area contributed by atoms with Gasteiger partial charge in [-0.3, -0.25) is 19.2 Å². The van der Waals surface area contributed by atoms with Gasteiger partial charge in [0.1, 0.15) is 11.6 Å². The third-order valence-electron chi connectivity index (χ3n) is 3.63. The highest BCUT2D eigenvalue weighted by atomic mass is 16.4. The third-order valence-corrected chi connectivity index (χ3v) is 3.63. The van der Waals surface area contributed by atoms with Crippen LogP contribution in [0.1, 0.15) is 43.5 Å². The van der Waals surface area contributed by atoms with Crippen LogP contribution in [0.25, 0.3) is 0 Å². The molecule has 0 unspecified atom stereocenters. The van der Waals surface area contributed by atoms with Crippen LogP contribution in [0, 0.1) is 0 Å². The molecule has 6 nitrogen and oxygen atoms in total. The average Bonchev–Trinajstić information content (AvgIpc) is 2.55. The first-order valence-corrected chi connectivity index (χ1v) is 8.73. The molecule has 0 aliphatic rings. The molecule has 2 N–H and O–H groups in total. The number of carbonyl (C=O) groups is 4. The number of rotatable bonds is 8. The van der Waals surface area contributed by atoms with Gasteiger partial charge in [-0.25, -0.2) is 0 Å². The van der Waals surface area contributed by atoms with Gasteiger partial charge in [0.15, 0.2) is 0 Å². The smallest absolute Gasteiger partial charge is 0.307 e. The Morgan fingerprint density at radius 1 is 0.621 bits per heavy atom. The van der Waals surface area contributed by atoms with Crippen LogP contribution >= 0.6 is 0 Å². The van der Waals surface area contributed by atoms with E-state index in [0.717, 1.165) is 22.3 Å². The van der Waals surface area contributed by atoms with Gasteiger partial charge in [-0.2, -0.15) is 0 Å². The maximum Gasteiger partial charge on any atom is 0.307 e. The summed E-state index contributed by atoms with van der Waals surface area (Å²) in [6.45, 7) is 3.05. The van der Waals surface area contributed by atoms with E-state index in [4.69, 9.17) is 10.2 Å². The zero-order valence-electron chi connectivity index (χ0n) is 16.0. The van der Waals surface area contributed by atoms with Crippen molar-refractivity contribution in [1.29, 1.82) is 0 Å². The van der Waals surface area contributed by atoms with Gasteiger partial charge in [0.2, 0.25) is 0 Å². The Kier molecular flexibility index (Phi) is 11.5. The SMILES string of the molecule is C.CC(=O)Cc1ccc(CC(=O)O)cc1.CC(=O)Cc1cccc(CC(=O)O)c1. The zero-order chi connectivity index (χ0) is 21.1. The molecule has 0 spiro atoms. The van der Waals surface area contributed by atoms with Gasteiger partial charge in [0.05, 0.1) is 12.8 Å². The van der Waals surface area contributed by atoms with E-state index in [-0.39, 0.29) is 31.8 Å². The second-order valence-corrected chi connectivity index (χ2v) is 6.54. The molecule has 2 aromatic carbocycles. The monoisotopic (exact) mass is 400 g/mol. The lowest BCUT2D eigenvalue weighted by Gasteiger charge is -2.01. The number of ketones is 2. The van der Waals surface area contributed by atoms with Crippen molar-refractivity contribution in [2.75, 3.05) is 0 Å². The van der Waals surface area contributed by atoms with E-state index >= 15 is 0 Å². The molecular formula is C23H28O6. The van der Waals surface area contributed by atoms with Gasteiger partial charge in [-0.05, 0) is 36.1 Å². The molecule has 0 saturated carbocycles. The van der Waals surface area contributed by atoms with Gasteiger partial charge in [-0.1, -0.05) is 56.0 Å². The Balaban J connectivity index is 0.000000523. The third kappa shape index (κ3) is 11.9. The van der Waals surface area contributed by atoms with Crippen LogP contribution in [-0.4, -0.2) is 33.7 Å². The molecule has 156 valence electrons. The molecule has 0 atom stereocenters. The highest BCUT2D eigenvalue weighted by Crippen LogP contribution is 2.07. The number of carbonyl (C=O) groups excluding carboxylic acids is 2. The molecule has 0 aliphatic heterocycles. The van der Waals surface area contributed by atoms with Gasteiger partial charge >= 0.3 is 11.9 Å². The Bertz CT molecular complexity index is 770. The lowest BCUT2D eigenvalue weighted by molar-refractivity contribution is -0.137. The highest BCUT2D eigenvalue weighted by molar-refractivity contribution is 5.78. The van der Waals surface area contributed by atoms with E-state index in [2.05, 4.69) is 0 Å². The molecule has 2 rings (SSSR count). The van der Waals surface area contributed by atoms with Gasteiger partial charge < -0.3 is 10.2 Å². The molecule has 0 fully saturated rings. The largest absolute Gasteiger partial charge is 0.481 e. The predicted molar refractivity (Wildman–Crippen MR) is 111 cm³/mol. The van der Waals surface area contributed by atoms with Crippen molar-refractivity contribution < 1.29 is 29.4 Å². The second-order valence-electron chi connectivity index (χ2n) is 6.54. The number of carboxylic acid groups (broad SMARTS) is 2. The van der Waals surface area contributed by atoms with E-state index in [9.17, 15) is 19.2 Å². The Labute approximate surface area is 171 Å². The molecule has 0 aliphatic carbocycles. The van der Waals surface area contributed by atoms with Gasteiger partial charge in [-0.15, -0.1) is 0 Å². The van der Waals surface area contributed by atoms with Crippen molar-refractivity contribution in [3.8, 4) is 0 Å². The van der Waals surface area contributed by atoms with E-state index in [1.165, 1.54) is 13.8 Å². The minimum atomic E-state index is -0.857. The summed E-state index contributed by atoms with van der Waals surface area (Å²) in [6, 6.07) is 14.2. The zero-order valence-corrected chi connectivity index (χ0v) is 16.0. The van der Waals surface area contributed by atoms with E-state index < -0.39 is 11.9 Å². The summed E-state index contributed by atoms with van der Waals surface area (Å²) in [6.07, 6.45) is 0.812. The van der Waals surface area contributed by atoms with Gasteiger partial charge in [0, 0.05) is 12.8 Å². The maximum absolute atomic E-state index is 10.8. The predicted octanol–water partition coefficient (Wildman–Crippen LogP) is 3.53. The standard InChI is InChI=1S/2C11H12O3.CH4/c1-8(12)6-9-2-4-10(5-3-9)7-11(13)14;1-8(12)5-9-3-2-4-10(6-9)7-11(13)14;/h2-5H,6-7H2,1H3,(H,13,14);2-4,6H,5,7H2,1H3,(H,13,14);1H4. The van der Waals surface area contributed by atoms with Crippen LogP contribution in [0.4, 0.5) is 0 Å². The van der Waals surface area contributed by atoms with Crippen LogP contribution in [-0.2, 0) is 44.9 Å². The fourth-order valence-electron chi connectivity index (χ4n) is 2.55. The van der Waals surface area contributed by atoms with E-state index in [1.54, 1.807) is 42.5 Å². The Hall–Kier alpha value is -3.28. The molecule has 0 bridgehead atoms. The Morgan fingerprint density at radius 2 is 0.966 bits per heavy atom. The van der Waals surface area contributed by atoms with Crippen LogP contribution in [0.2, 0.25) is 0 Å². The van der Waals surface area contributed by atoms with E-state index in [0.29, 0.717) is 12.8 Å². The molecule has 29 heavy (non-hydrogen) atoms. The van der Waals surface area contributed by atoms with Crippen LogP contribution in [0.3, 0.4) is 0 Å². The molecule has 0 heterocycles. The van der Waals surface area contributed by atoms with Crippen LogP contribution < -0.4 is 0 Å². The number of benzene rings is 2. The normalized spacial score (nSPS) is 9.45. The van der Waals surface area contributed by atoms with Crippen molar-refractivity contribution in [3.63, 3.8) is 0 Å². The summed E-state index contributed by atoms with van der Waals surface area (Å²) in [5.74, 6) is -1.51. The summed E-state index contributed by atoms with van der Waals surface area (Å²) in [5.41, 5.74) is 3.28. The molecular weight excluding hydrogens is 372 g/mol. The first-order valence-electron chi connectivity index (χ1n) is 8.73. The lowest BCUT2D eigenvalue weighted by atomic mass is 10.0. The van der Waals surface area contributed by atoms with Crippen molar-refractivity contribution in [2.24, 2.45) is 0 Å². The highest BCUT2D eigenvalue weighted by Gasteiger charge is 2.03. The van der Waals surface area contributed by atoms with E-state index in [1.807, 2.05) is 6.07 Å². The first-order chi connectivity index (χ1) is 13.2. The molecule has 0 amide bonds. The summed E-state index contributed by atoms with van der Waals surface area (Å²) in [5, 5.41) is 17.1. The number of hydrogen-bond donors (Lipinski definition) is 2. The van der Waals surface area contributed by atoms with Crippen LogP contribution in [0.5, 0.6) is 0 Å². The summed E-state index contributed by atoms with van der Waals surface area (Å²) >= 11 is 0. The molecule has 0 radical (unpaired) electrons. The summed E-state index contributed by atoms with van der Waals surface area (Å²) in [4.78, 5) is 42.4. The minimum absolute atomic E-state index is 0. The summed E-state index contributed by atoms with van der Waals surface area (Å²) < 4.78 is 0. The van der Waals surface area contributed by atoms with Crippen molar-refractivity contribution in [1.82, 2.24) is 0 Å². The lowest BCUT2D eigenvalue weighted by Crippen LogP contribution is -2.02. The quantitative estimate of drug-likeness (QED) is 0.702. The fraction of sp³-hybridized carbons (Fsp3) is 0.304. The molecule has 0 aromatic heterocycles. The summed E-state index contributed by atoms with van der Waals surface area (Å²) in [7, 11) is 0. The molecule has 6 heteroatoms. The molecule has 2 aromatic rings. The minimum Gasteiger partial charge on any atom is -0.481 e. The number of carboxylic acids is 2. The average molecular weight is 400 g/mol. The van der Waals surface area contributed by atoms with Crippen LogP contribution in [0.15, 0.2) is 48.5 Å². The first kappa shape index (κ1) is 25.7. The number of aliphatic carboxylic acids is 2. The Morgan fingerprint density at radius 3 is 1.38 bits per heavy atom. The maximum atomic E-state index is 10.8. The fourth-order valence-corrected chi connectivity index (χ4v) is 2.55. The van der Waals surface area contributed by atoms with Crippen molar-refractivity contribution >= 4 is 23.5 Å². The number of Topliss-reactive ketones (excluding diaryl/α,β-unsaturated/α-hetero) is 2. The van der Waals surface area contributed by atoms with Gasteiger partial charge in [0.25, 0.3) is 0 Å². The topological polar surface area (TPSA) is 109 Å². The molecule has 0 saturated heterocycles.